The number of hydrogen-bond donors (Lipinski definition) is 1. The van der Waals surface area contributed by atoms with E-state index < -0.39 is 0 Å². The van der Waals surface area contributed by atoms with Crippen LogP contribution in [0.5, 0.6) is 5.75 Å². The van der Waals surface area contributed by atoms with Crippen molar-refractivity contribution in [2.75, 3.05) is 26.8 Å². The predicted octanol–water partition coefficient (Wildman–Crippen LogP) is 2.20. The zero-order chi connectivity index (χ0) is 15.2. The van der Waals surface area contributed by atoms with Crippen molar-refractivity contribution < 1.29 is 9.47 Å². The van der Waals surface area contributed by atoms with Crippen LogP contribution in [0, 0.1) is 0 Å². The Labute approximate surface area is 132 Å². The van der Waals surface area contributed by atoms with Crippen LogP contribution in [0.2, 0.25) is 0 Å². The van der Waals surface area contributed by atoms with E-state index in [2.05, 4.69) is 18.9 Å². The summed E-state index contributed by atoms with van der Waals surface area (Å²) in [5, 5.41) is 0. The van der Waals surface area contributed by atoms with Crippen LogP contribution in [0.4, 0.5) is 0 Å². The molecular weight excluding hydrogens is 284 g/mol. The summed E-state index contributed by atoms with van der Waals surface area (Å²) in [6, 6.07) is 8.16. The number of nitrogens with two attached hydrogens (primary N) is 1. The highest BCUT2D eigenvalue weighted by atomic mass is 32.1. The third-order valence-electron chi connectivity index (χ3n) is 3.97. The molecule has 116 valence electrons. The van der Waals surface area contributed by atoms with Crippen LogP contribution in [-0.2, 0) is 4.74 Å². The van der Waals surface area contributed by atoms with Crippen molar-refractivity contribution >= 4 is 17.2 Å². The monoisotopic (exact) mass is 308 g/mol. The Morgan fingerprint density at radius 3 is 2.90 bits per heavy atom. The number of thiocarbonyl (C=S) groups is 1. The molecule has 0 aliphatic carbocycles. The molecule has 2 unspecified atom stereocenters. The van der Waals surface area contributed by atoms with Gasteiger partial charge in [0.05, 0.1) is 18.3 Å². The standard InChI is InChI=1S/C16H24N2O2S/c1-12-14(8-11-19-12)18(2)9-5-10-20-15-7-4-3-6-13(15)16(17)21/h3-4,6-7,12,14H,5,8-11H2,1-2H3,(H2,17,21). The van der Waals surface area contributed by atoms with Crippen LogP contribution in [0.25, 0.3) is 0 Å². The van der Waals surface area contributed by atoms with Gasteiger partial charge in [0, 0.05) is 19.2 Å². The summed E-state index contributed by atoms with van der Waals surface area (Å²) >= 11 is 5.03. The third-order valence-corrected chi connectivity index (χ3v) is 4.19. The molecule has 0 amide bonds. The van der Waals surface area contributed by atoms with E-state index in [1.165, 1.54) is 0 Å². The summed E-state index contributed by atoms with van der Waals surface area (Å²) in [5.41, 5.74) is 6.50. The van der Waals surface area contributed by atoms with E-state index in [1.807, 2.05) is 24.3 Å². The fourth-order valence-corrected chi connectivity index (χ4v) is 2.93. The van der Waals surface area contributed by atoms with Crippen molar-refractivity contribution in [3.63, 3.8) is 0 Å². The number of hydrogen-bond acceptors (Lipinski definition) is 4. The molecule has 5 heteroatoms. The van der Waals surface area contributed by atoms with E-state index in [0.717, 1.165) is 37.3 Å². The lowest BCUT2D eigenvalue weighted by Crippen LogP contribution is -2.37. The van der Waals surface area contributed by atoms with Crippen molar-refractivity contribution in [2.24, 2.45) is 5.73 Å². The first-order valence-electron chi connectivity index (χ1n) is 7.43. The number of nitrogens with zero attached hydrogens (tertiary/aromatic N) is 1. The van der Waals surface area contributed by atoms with Crippen molar-refractivity contribution in [1.82, 2.24) is 4.90 Å². The maximum atomic E-state index is 5.81. The molecule has 0 bridgehead atoms. The van der Waals surface area contributed by atoms with Gasteiger partial charge in [0.15, 0.2) is 0 Å². The zero-order valence-corrected chi connectivity index (χ0v) is 13.6. The van der Waals surface area contributed by atoms with E-state index in [1.54, 1.807) is 0 Å². The number of para-hydroxylation sites is 1. The van der Waals surface area contributed by atoms with Gasteiger partial charge in [-0.05, 0) is 38.9 Å². The Hall–Kier alpha value is -1.17. The Bertz CT molecular complexity index is 481. The number of rotatable bonds is 7. The molecule has 1 saturated heterocycles. The van der Waals surface area contributed by atoms with E-state index in [9.17, 15) is 0 Å². The molecular formula is C16H24N2O2S. The second-order valence-electron chi connectivity index (χ2n) is 5.47. The minimum Gasteiger partial charge on any atom is -0.493 e. The molecule has 1 aromatic carbocycles. The number of ether oxygens (including phenoxy) is 2. The SMILES string of the molecule is CC1OCCC1N(C)CCCOc1ccccc1C(N)=S. The maximum Gasteiger partial charge on any atom is 0.129 e. The van der Waals surface area contributed by atoms with Crippen molar-refractivity contribution in [3.05, 3.63) is 29.8 Å². The van der Waals surface area contributed by atoms with Crippen LogP contribution in [0.3, 0.4) is 0 Å². The molecule has 1 aliphatic rings. The summed E-state index contributed by atoms with van der Waals surface area (Å²) in [6.45, 7) is 4.66. The van der Waals surface area contributed by atoms with E-state index in [-0.39, 0.29) is 0 Å². The van der Waals surface area contributed by atoms with Gasteiger partial charge in [-0.3, -0.25) is 0 Å². The minimum absolute atomic E-state index is 0.325. The summed E-state index contributed by atoms with van der Waals surface area (Å²) in [5.74, 6) is 0.769. The van der Waals surface area contributed by atoms with Gasteiger partial charge in [-0.25, -0.2) is 0 Å². The van der Waals surface area contributed by atoms with Crippen molar-refractivity contribution in [3.8, 4) is 5.75 Å². The molecule has 21 heavy (non-hydrogen) atoms. The van der Waals surface area contributed by atoms with Crippen LogP contribution < -0.4 is 10.5 Å². The second-order valence-corrected chi connectivity index (χ2v) is 5.91. The smallest absolute Gasteiger partial charge is 0.129 e. The number of likely N-dealkylation sites (N-methyl/N-ethyl adjacent to an activating group) is 1. The Kier molecular flexibility index (Phi) is 5.96. The summed E-state index contributed by atoms with van der Waals surface area (Å²) in [7, 11) is 2.15. The first kappa shape index (κ1) is 16.2. The highest BCUT2D eigenvalue weighted by Gasteiger charge is 2.27. The third kappa shape index (κ3) is 4.40. The van der Waals surface area contributed by atoms with Crippen LogP contribution in [0.15, 0.2) is 24.3 Å². The molecule has 0 aromatic heterocycles. The fraction of sp³-hybridized carbons (Fsp3) is 0.562. The fourth-order valence-electron chi connectivity index (χ4n) is 2.76. The summed E-state index contributed by atoms with van der Waals surface area (Å²) < 4.78 is 11.4. The molecule has 0 spiro atoms. The maximum absolute atomic E-state index is 5.81. The second kappa shape index (κ2) is 7.73. The number of benzene rings is 1. The van der Waals surface area contributed by atoms with Gasteiger partial charge in [-0.2, -0.15) is 0 Å². The highest BCUT2D eigenvalue weighted by Crippen LogP contribution is 2.19. The topological polar surface area (TPSA) is 47.7 Å². The van der Waals surface area contributed by atoms with E-state index in [4.69, 9.17) is 27.4 Å². The Morgan fingerprint density at radius 1 is 1.48 bits per heavy atom. The lowest BCUT2D eigenvalue weighted by molar-refractivity contribution is 0.0818. The Balaban J connectivity index is 1.76. The van der Waals surface area contributed by atoms with Gasteiger partial charge >= 0.3 is 0 Å². The molecule has 1 heterocycles. The average molecular weight is 308 g/mol. The molecule has 0 radical (unpaired) electrons. The van der Waals surface area contributed by atoms with E-state index >= 15 is 0 Å². The molecule has 1 aromatic rings. The quantitative estimate of drug-likeness (QED) is 0.618. The Morgan fingerprint density at radius 2 is 2.24 bits per heavy atom. The lowest BCUT2D eigenvalue weighted by Gasteiger charge is -2.26. The van der Waals surface area contributed by atoms with Crippen molar-refractivity contribution in [2.45, 2.75) is 31.9 Å². The van der Waals surface area contributed by atoms with Gasteiger partial charge in [0.2, 0.25) is 0 Å². The average Bonchev–Trinajstić information content (AvgIpc) is 2.90. The summed E-state index contributed by atoms with van der Waals surface area (Å²) in [6.07, 6.45) is 2.40. The van der Waals surface area contributed by atoms with Gasteiger partial charge < -0.3 is 20.1 Å². The van der Waals surface area contributed by atoms with Gasteiger partial charge in [-0.15, -0.1) is 0 Å². The van der Waals surface area contributed by atoms with Crippen LogP contribution in [0.1, 0.15) is 25.3 Å². The largest absolute Gasteiger partial charge is 0.493 e. The van der Waals surface area contributed by atoms with Crippen LogP contribution >= 0.6 is 12.2 Å². The molecule has 2 N–H and O–H groups in total. The normalized spacial score (nSPS) is 21.7. The molecule has 4 nitrogen and oxygen atoms in total. The van der Waals surface area contributed by atoms with Gasteiger partial charge in [-0.1, -0.05) is 24.4 Å². The lowest BCUT2D eigenvalue weighted by atomic mass is 10.1. The first-order chi connectivity index (χ1) is 10.1. The zero-order valence-electron chi connectivity index (χ0n) is 12.7. The molecule has 1 fully saturated rings. The first-order valence-corrected chi connectivity index (χ1v) is 7.84. The molecule has 2 rings (SSSR count). The molecule has 2 atom stereocenters. The summed E-state index contributed by atoms with van der Waals surface area (Å²) in [4.78, 5) is 2.74. The minimum atomic E-state index is 0.325. The molecule has 0 saturated carbocycles. The predicted molar refractivity (Wildman–Crippen MR) is 88.9 cm³/mol. The van der Waals surface area contributed by atoms with Gasteiger partial charge in [0.1, 0.15) is 10.7 Å². The van der Waals surface area contributed by atoms with Crippen LogP contribution in [-0.4, -0.2) is 48.8 Å². The van der Waals surface area contributed by atoms with Crippen molar-refractivity contribution in [1.29, 1.82) is 0 Å². The molecule has 1 aliphatic heterocycles. The highest BCUT2D eigenvalue weighted by molar-refractivity contribution is 7.80. The van der Waals surface area contributed by atoms with Gasteiger partial charge in [0.25, 0.3) is 0 Å². The van der Waals surface area contributed by atoms with E-state index in [0.29, 0.717) is 23.7 Å².